The number of ether oxygens (including phenoxy) is 1. The molecule has 0 amide bonds. The summed E-state index contributed by atoms with van der Waals surface area (Å²) in [5.41, 5.74) is 0.494. The van der Waals surface area contributed by atoms with Crippen LogP contribution < -0.4 is 0 Å². The van der Waals surface area contributed by atoms with E-state index >= 15 is 0 Å². The van der Waals surface area contributed by atoms with Crippen LogP contribution in [0.2, 0.25) is 5.15 Å². The third-order valence-corrected chi connectivity index (χ3v) is 2.38. The van der Waals surface area contributed by atoms with Gasteiger partial charge in [0, 0.05) is 12.4 Å². The largest absolute Gasteiger partial charge is 0.462 e. The fourth-order valence-electron chi connectivity index (χ4n) is 1.42. The third kappa shape index (κ3) is 2.65. The van der Waals surface area contributed by atoms with E-state index in [2.05, 4.69) is 4.98 Å². The summed E-state index contributed by atoms with van der Waals surface area (Å²) >= 11 is 5.80. The van der Waals surface area contributed by atoms with Gasteiger partial charge in [0.15, 0.2) is 0 Å². The molecule has 2 rings (SSSR count). The first kappa shape index (κ1) is 11.7. The lowest BCUT2D eigenvalue weighted by atomic mass is 10.3. The van der Waals surface area contributed by atoms with E-state index in [0.717, 1.165) is 0 Å². The second-order valence-corrected chi connectivity index (χ2v) is 3.73. The molecule has 0 aliphatic carbocycles. The molecule has 0 spiro atoms. The quantitative estimate of drug-likeness (QED) is 0.621. The molecule has 2 heterocycles. The van der Waals surface area contributed by atoms with Gasteiger partial charge in [-0.2, -0.15) is 0 Å². The minimum Gasteiger partial charge on any atom is -0.462 e. The van der Waals surface area contributed by atoms with Gasteiger partial charge in [0.25, 0.3) is 0 Å². The maximum atomic E-state index is 11.5. The van der Waals surface area contributed by atoms with Gasteiger partial charge in [-0.05, 0) is 25.1 Å². The Bertz CT molecular complexity index is 537. The summed E-state index contributed by atoms with van der Waals surface area (Å²) in [5, 5.41) is 0.411. The Morgan fingerprint density at radius 3 is 3.00 bits per heavy atom. The molecule has 4 nitrogen and oxygen atoms in total. The van der Waals surface area contributed by atoms with Gasteiger partial charge in [0.1, 0.15) is 11.0 Å². The van der Waals surface area contributed by atoms with Crippen LogP contribution in [0, 0.1) is 0 Å². The highest BCUT2D eigenvalue weighted by molar-refractivity contribution is 6.29. The number of hydrogen-bond donors (Lipinski definition) is 0. The molecule has 2 aromatic rings. The number of halogens is 1. The maximum Gasteiger partial charge on any atom is 0.339 e. The van der Waals surface area contributed by atoms with E-state index < -0.39 is 0 Å². The fourth-order valence-corrected chi connectivity index (χ4v) is 1.57. The number of aromatic nitrogens is 2. The van der Waals surface area contributed by atoms with Gasteiger partial charge in [-0.1, -0.05) is 17.7 Å². The second-order valence-electron chi connectivity index (χ2n) is 3.35. The summed E-state index contributed by atoms with van der Waals surface area (Å²) in [5.74, 6) is 0.321. The first-order chi connectivity index (χ1) is 8.20. The van der Waals surface area contributed by atoms with Gasteiger partial charge in [-0.3, -0.25) is 0 Å². The summed E-state index contributed by atoms with van der Waals surface area (Å²) < 4.78 is 6.62. The maximum absolute atomic E-state index is 11.5. The van der Waals surface area contributed by atoms with Crippen molar-refractivity contribution >= 4 is 17.6 Å². The molecule has 2 aromatic heterocycles. The van der Waals surface area contributed by atoms with E-state index in [1.165, 1.54) is 0 Å². The van der Waals surface area contributed by atoms with Crippen molar-refractivity contribution in [3.8, 4) is 5.82 Å². The zero-order chi connectivity index (χ0) is 12.3. The summed E-state index contributed by atoms with van der Waals surface area (Å²) in [7, 11) is 0. The predicted molar refractivity (Wildman–Crippen MR) is 64.5 cm³/mol. The molecule has 17 heavy (non-hydrogen) atoms. The first-order valence-electron chi connectivity index (χ1n) is 5.18. The molecule has 0 saturated heterocycles. The second kappa shape index (κ2) is 5.01. The van der Waals surface area contributed by atoms with Gasteiger partial charge < -0.3 is 9.30 Å². The van der Waals surface area contributed by atoms with Crippen LogP contribution in [0.1, 0.15) is 17.3 Å². The predicted octanol–water partition coefficient (Wildman–Crippen LogP) is 2.70. The van der Waals surface area contributed by atoms with E-state index in [1.54, 1.807) is 48.1 Å². The Hall–Kier alpha value is -1.81. The van der Waals surface area contributed by atoms with Crippen molar-refractivity contribution in [1.29, 1.82) is 0 Å². The van der Waals surface area contributed by atoms with Crippen molar-refractivity contribution in [1.82, 2.24) is 9.55 Å². The van der Waals surface area contributed by atoms with Crippen LogP contribution in [0.25, 0.3) is 5.82 Å². The Balaban J connectivity index is 2.27. The van der Waals surface area contributed by atoms with Crippen LogP contribution in [0.15, 0.2) is 36.7 Å². The smallest absolute Gasteiger partial charge is 0.339 e. The van der Waals surface area contributed by atoms with Gasteiger partial charge in [-0.15, -0.1) is 0 Å². The van der Waals surface area contributed by atoms with Crippen molar-refractivity contribution in [3.63, 3.8) is 0 Å². The summed E-state index contributed by atoms with van der Waals surface area (Å²) in [4.78, 5) is 15.6. The van der Waals surface area contributed by atoms with Crippen LogP contribution >= 0.6 is 11.6 Å². The van der Waals surface area contributed by atoms with Gasteiger partial charge >= 0.3 is 5.97 Å². The zero-order valence-electron chi connectivity index (χ0n) is 9.26. The minimum absolute atomic E-state index is 0.340. The third-order valence-electron chi connectivity index (χ3n) is 2.17. The number of carbonyl (C=O) groups is 1. The Morgan fingerprint density at radius 1 is 1.47 bits per heavy atom. The fraction of sp³-hybridized carbons (Fsp3) is 0.167. The van der Waals surface area contributed by atoms with E-state index in [0.29, 0.717) is 23.1 Å². The molecule has 5 heteroatoms. The topological polar surface area (TPSA) is 44.1 Å². The molecular weight excluding hydrogens is 240 g/mol. The van der Waals surface area contributed by atoms with Crippen LogP contribution in [-0.4, -0.2) is 22.1 Å². The minimum atomic E-state index is -0.340. The molecule has 0 fully saturated rings. The number of rotatable bonds is 3. The van der Waals surface area contributed by atoms with Crippen molar-refractivity contribution in [2.45, 2.75) is 6.92 Å². The van der Waals surface area contributed by atoms with Crippen LogP contribution in [0.4, 0.5) is 0 Å². The molecule has 0 unspecified atom stereocenters. The number of esters is 1. The summed E-state index contributed by atoms with van der Waals surface area (Å²) in [6.45, 7) is 2.13. The Labute approximate surface area is 104 Å². The molecule has 0 bridgehead atoms. The number of carbonyl (C=O) groups excluding carboxylic acids is 1. The van der Waals surface area contributed by atoms with E-state index in [1.807, 2.05) is 0 Å². The van der Waals surface area contributed by atoms with Crippen LogP contribution in [0.5, 0.6) is 0 Å². The number of pyridine rings is 1. The van der Waals surface area contributed by atoms with Crippen molar-refractivity contribution in [2.24, 2.45) is 0 Å². The lowest BCUT2D eigenvalue weighted by molar-refractivity contribution is 0.0526. The molecule has 0 aliphatic heterocycles. The van der Waals surface area contributed by atoms with Gasteiger partial charge in [0.2, 0.25) is 0 Å². The van der Waals surface area contributed by atoms with E-state index in [4.69, 9.17) is 16.3 Å². The number of hydrogen-bond acceptors (Lipinski definition) is 3. The summed E-state index contributed by atoms with van der Waals surface area (Å²) in [6.07, 6.45) is 3.40. The van der Waals surface area contributed by atoms with Crippen LogP contribution in [-0.2, 0) is 4.74 Å². The van der Waals surface area contributed by atoms with E-state index in [9.17, 15) is 4.79 Å². The van der Waals surface area contributed by atoms with Crippen molar-refractivity contribution in [2.75, 3.05) is 6.61 Å². The number of nitrogens with zero attached hydrogens (tertiary/aromatic N) is 2. The molecule has 0 aliphatic rings. The average Bonchev–Trinajstić information content (AvgIpc) is 2.78. The lowest BCUT2D eigenvalue weighted by Crippen LogP contribution is -2.03. The molecular formula is C12H11ClN2O2. The van der Waals surface area contributed by atoms with E-state index in [-0.39, 0.29) is 5.97 Å². The van der Waals surface area contributed by atoms with Crippen molar-refractivity contribution < 1.29 is 9.53 Å². The highest BCUT2D eigenvalue weighted by atomic mass is 35.5. The Morgan fingerprint density at radius 2 is 2.29 bits per heavy atom. The standard InChI is InChI=1S/C12H11ClN2O2/c1-2-17-12(16)9-6-7-15(8-9)11-5-3-4-10(13)14-11/h3-8H,2H2,1H3. The molecule has 0 saturated carbocycles. The molecule has 88 valence electrons. The molecule has 0 N–H and O–H groups in total. The normalized spacial score (nSPS) is 10.2. The molecule has 0 aromatic carbocycles. The van der Waals surface area contributed by atoms with Crippen molar-refractivity contribution in [3.05, 3.63) is 47.4 Å². The zero-order valence-corrected chi connectivity index (χ0v) is 10.0. The molecule has 0 atom stereocenters. The SMILES string of the molecule is CCOC(=O)c1ccn(-c2cccc(Cl)n2)c1. The van der Waals surface area contributed by atoms with Gasteiger partial charge in [0.05, 0.1) is 12.2 Å². The highest BCUT2D eigenvalue weighted by Gasteiger charge is 2.09. The molecule has 0 radical (unpaired) electrons. The lowest BCUT2D eigenvalue weighted by Gasteiger charge is -2.01. The Kier molecular flexibility index (Phi) is 3.44. The highest BCUT2D eigenvalue weighted by Crippen LogP contribution is 2.12. The van der Waals surface area contributed by atoms with Crippen LogP contribution in [0.3, 0.4) is 0 Å². The summed E-state index contributed by atoms with van der Waals surface area (Å²) in [6, 6.07) is 6.98. The first-order valence-corrected chi connectivity index (χ1v) is 5.56. The van der Waals surface area contributed by atoms with Gasteiger partial charge in [-0.25, -0.2) is 9.78 Å². The monoisotopic (exact) mass is 250 g/mol. The average molecular weight is 251 g/mol.